The Morgan fingerprint density at radius 3 is 2.29 bits per heavy atom. The SMILES string of the molecule is C=CCN(CC)C(=O)NC(C(=O)O)C(C)(C)C. The highest BCUT2D eigenvalue weighted by Gasteiger charge is 2.33. The lowest BCUT2D eigenvalue weighted by molar-refractivity contribution is -0.142. The van der Waals surface area contributed by atoms with Gasteiger partial charge >= 0.3 is 12.0 Å². The van der Waals surface area contributed by atoms with Gasteiger partial charge in [0, 0.05) is 13.1 Å². The average Bonchev–Trinajstić information content (AvgIpc) is 2.19. The minimum Gasteiger partial charge on any atom is -0.480 e. The number of nitrogens with zero attached hydrogens (tertiary/aromatic N) is 1. The van der Waals surface area contributed by atoms with Crippen LogP contribution < -0.4 is 5.32 Å². The zero-order chi connectivity index (χ0) is 13.6. The molecular formula is C12H22N2O3. The van der Waals surface area contributed by atoms with Crippen LogP contribution in [0.3, 0.4) is 0 Å². The second-order valence-corrected chi connectivity index (χ2v) is 4.91. The van der Waals surface area contributed by atoms with E-state index in [4.69, 9.17) is 5.11 Å². The minimum atomic E-state index is -1.03. The van der Waals surface area contributed by atoms with Gasteiger partial charge in [0.2, 0.25) is 0 Å². The van der Waals surface area contributed by atoms with Crippen LogP contribution in [0.15, 0.2) is 12.7 Å². The molecule has 0 spiro atoms. The Balaban J connectivity index is 4.72. The lowest BCUT2D eigenvalue weighted by atomic mass is 9.87. The number of carboxylic acid groups (broad SMARTS) is 1. The molecule has 5 heteroatoms. The number of rotatable bonds is 5. The van der Waals surface area contributed by atoms with E-state index in [1.54, 1.807) is 26.8 Å². The van der Waals surface area contributed by atoms with E-state index >= 15 is 0 Å². The third-order valence-electron chi connectivity index (χ3n) is 2.40. The molecule has 0 heterocycles. The molecule has 17 heavy (non-hydrogen) atoms. The number of carbonyl (C=O) groups is 2. The van der Waals surface area contributed by atoms with Gasteiger partial charge in [-0.25, -0.2) is 9.59 Å². The van der Waals surface area contributed by atoms with Crippen LogP contribution in [0, 0.1) is 5.41 Å². The summed E-state index contributed by atoms with van der Waals surface area (Å²) in [6.45, 7) is 11.6. The molecule has 0 bridgehead atoms. The van der Waals surface area contributed by atoms with Gasteiger partial charge < -0.3 is 15.3 Å². The molecule has 5 nitrogen and oxygen atoms in total. The first-order chi connectivity index (χ1) is 7.73. The number of hydrogen-bond donors (Lipinski definition) is 2. The van der Waals surface area contributed by atoms with Crippen molar-refractivity contribution in [2.24, 2.45) is 5.41 Å². The summed E-state index contributed by atoms with van der Waals surface area (Å²) in [6, 6.07) is -1.29. The summed E-state index contributed by atoms with van der Waals surface area (Å²) < 4.78 is 0. The molecule has 0 rings (SSSR count). The highest BCUT2D eigenvalue weighted by Crippen LogP contribution is 2.19. The minimum absolute atomic E-state index is 0.380. The van der Waals surface area contributed by atoms with Crippen molar-refractivity contribution in [2.75, 3.05) is 13.1 Å². The van der Waals surface area contributed by atoms with E-state index in [1.807, 2.05) is 6.92 Å². The first-order valence-corrected chi connectivity index (χ1v) is 5.63. The first kappa shape index (κ1) is 15.5. The highest BCUT2D eigenvalue weighted by molar-refractivity contribution is 5.83. The molecule has 2 amide bonds. The van der Waals surface area contributed by atoms with Crippen LogP contribution >= 0.6 is 0 Å². The molecule has 2 N–H and O–H groups in total. The van der Waals surface area contributed by atoms with Gasteiger partial charge in [0.25, 0.3) is 0 Å². The number of urea groups is 1. The Morgan fingerprint density at radius 1 is 1.47 bits per heavy atom. The molecule has 0 fully saturated rings. The Hall–Kier alpha value is -1.52. The van der Waals surface area contributed by atoms with E-state index in [2.05, 4.69) is 11.9 Å². The van der Waals surface area contributed by atoms with E-state index in [0.717, 1.165) is 0 Å². The van der Waals surface area contributed by atoms with Gasteiger partial charge in [0.1, 0.15) is 6.04 Å². The largest absolute Gasteiger partial charge is 0.480 e. The molecule has 98 valence electrons. The van der Waals surface area contributed by atoms with Gasteiger partial charge in [-0.2, -0.15) is 0 Å². The Kier molecular flexibility index (Phi) is 5.71. The average molecular weight is 242 g/mol. The molecule has 0 saturated heterocycles. The number of carboxylic acids is 1. The number of aliphatic carboxylic acids is 1. The predicted octanol–water partition coefficient (Wildman–Crippen LogP) is 1.70. The maximum absolute atomic E-state index is 11.8. The van der Waals surface area contributed by atoms with Crippen molar-refractivity contribution in [3.63, 3.8) is 0 Å². The van der Waals surface area contributed by atoms with E-state index in [1.165, 1.54) is 4.90 Å². The number of nitrogens with one attached hydrogen (secondary N) is 1. The fraction of sp³-hybridized carbons (Fsp3) is 0.667. The topological polar surface area (TPSA) is 69.6 Å². The van der Waals surface area contributed by atoms with E-state index in [-0.39, 0.29) is 6.03 Å². The molecular weight excluding hydrogens is 220 g/mol. The van der Waals surface area contributed by atoms with Crippen molar-refractivity contribution in [2.45, 2.75) is 33.7 Å². The van der Waals surface area contributed by atoms with E-state index < -0.39 is 17.4 Å². The zero-order valence-corrected chi connectivity index (χ0v) is 11.0. The van der Waals surface area contributed by atoms with Crippen molar-refractivity contribution in [1.82, 2.24) is 10.2 Å². The zero-order valence-electron chi connectivity index (χ0n) is 11.0. The summed E-state index contributed by atoms with van der Waals surface area (Å²) in [7, 11) is 0. The van der Waals surface area contributed by atoms with Crippen LogP contribution in [-0.2, 0) is 4.79 Å². The van der Waals surface area contributed by atoms with E-state index in [0.29, 0.717) is 13.1 Å². The van der Waals surface area contributed by atoms with Crippen molar-refractivity contribution in [3.05, 3.63) is 12.7 Å². The van der Waals surface area contributed by atoms with Gasteiger partial charge in [0.05, 0.1) is 0 Å². The van der Waals surface area contributed by atoms with Crippen molar-refractivity contribution in [3.8, 4) is 0 Å². The number of carbonyl (C=O) groups excluding carboxylic acids is 1. The molecule has 1 atom stereocenters. The first-order valence-electron chi connectivity index (χ1n) is 5.63. The molecule has 0 aliphatic heterocycles. The molecule has 0 aromatic carbocycles. The van der Waals surface area contributed by atoms with Gasteiger partial charge in [0.15, 0.2) is 0 Å². The fourth-order valence-corrected chi connectivity index (χ4v) is 1.37. The third-order valence-corrected chi connectivity index (χ3v) is 2.40. The summed E-state index contributed by atoms with van der Waals surface area (Å²) in [5.74, 6) is -1.03. The lowest BCUT2D eigenvalue weighted by Gasteiger charge is -2.30. The Labute approximate surface area is 102 Å². The van der Waals surface area contributed by atoms with Gasteiger partial charge in [-0.3, -0.25) is 0 Å². The van der Waals surface area contributed by atoms with Crippen molar-refractivity contribution < 1.29 is 14.7 Å². The maximum Gasteiger partial charge on any atom is 0.326 e. The molecule has 1 unspecified atom stereocenters. The third kappa shape index (κ3) is 4.89. The number of amides is 2. The van der Waals surface area contributed by atoms with Gasteiger partial charge in [-0.1, -0.05) is 26.8 Å². The fourth-order valence-electron chi connectivity index (χ4n) is 1.37. The van der Waals surface area contributed by atoms with Gasteiger partial charge in [-0.05, 0) is 12.3 Å². The second kappa shape index (κ2) is 6.27. The van der Waals surface area contributed by atoms with Crippen LogP contribution in [0.25, 0.3) is 0 Å². The molecule has 0 saturated carbocycles. The standard InChI is InChI=1S/C12H22N2O3/c1-6-8-14(7-2)11(17)13-9(10(15)16)12(3,4)5/h6,9H,1,7-8H2,2-5H3,(H,13,17)(H,15,16). The predicted molar refractivity (Wildman–Crippen MR) is 66.9 cm³/mol. The maximum atomic E-state index is 11.8. The van der Waals surface area contributed by atoms with Crippen LogP contribution in [0.5, 0.6) is 0 Å². The van der Waals surface area contributed by atoms with Crippen molar-refractivity contribution in [1.29, 1.82) is 0 Å². The van der Waals surface area contributed by atoms with Gasteiger partial charge in [-0.15, -0.1) is 6.58 Å². The monoisotopic (exact) mass is 242 g/mol. The molecule has 0 aromatic rings. The molecule has 0 aliphatic carbocycles. The number of likely N-dealkylation sites (N-methyl/N-ethyl adjacent to an activating group) is 1. The number of hydrogen-bond acceptors (Lipinski definition) is 2. The van der Waals surface area contributed by atoms with E-state index in [9.17, 15) is 9.59 Å². The summed E-state index contributed by atoms with van der Waals surface area (Å²) in [5, 5.41) is 11.6. The Morgan fingerprint density at radius 2 is 2.00 bits per heavy atom. The Bertz CT molecular complexity index is 295. The highest BCUT2D eigenvalue weighted by atomic mass is 16.4. The quantitative estimate of drug-likeness (QED) is 0.721. The lowest BCUT2D eigenvalue weighted by Crippen LogP contribution is -2.53. The van der Waals surface area contributed by atoms with Crippen LogP contribution in [0.1, 0.15) is 27.7 Å². The molecule has 0 aliphatic rings. The normalized spacial score (nSPS) is 12.7. The molecule has 0 radical (unpaired) electrons. The summed E-state index contributed by atoms with van der Waals surface area (Å²) in [4.78, 5) is 24.4. The van der Waals surface area contributed by atoms with Crippen molar-refractivity contribution >= 4 is 12.0 Å². The summed E-state index contributed by atoms with van der Waals surface area (Å²) in [6.07, 6.45) is 1.61. The van der Waals surface area contributed by atoms with Crippen LogP contribution in [0.4, 0.5) is 4.79 Å². The summed E-state index contributed by atoms with van der Waals surface area (Å²) >= 11 is 0. The summed E-state index contributed by atoms with van der Waals surface area (Å²) in [5.41, 5.74) is -0.533. The second-order valence-electron chi connectivity index (χ2n) is 4.91. The van der Waals surface area contributed by atoms with Crippen LogP contribution in [0.2, 0.25) is 0 Å². The smallest absolute Gasteiger partial charge is 0.326 e. The van der Waals surface area contributed by atoms with Crippen LogP contribution in [-0.4, -0.2) is 41.1 Å². The molecule has 0 aromatic heterocycles.